The van der Waals surface area contributed by atoms with E-state index >= 15 is 0 Å². The lowest BCUT2D eigenvalue weighted by Gasteiger charge is -2.14. The van der Waals surface area contributed by atoms with Crippen LogP contribution < -0.4 is 16.1 Å². The molecule has 3 N–H and O–H groups in total. The van der Waals surface area contributed by atoms with Gasteiger partial charge in [0.15, 0.2) is 0 Å². The van der Waals surface area contributed by atoms with Gasteiger partial charge in [0.05, 0.1) is 11.8 Å². The van der Waals surface area contributed by atoms with Crippen molar-refractivity contribution in [2.24, 2.45) is 5.10 Å². The number of hydrogen-bond acceptors (Lipinski definition) is 4. The minimum Gasteiger partial charge on any atom is -0.322 e. The van der Waals surface area contributed by atoms with E-state index in [1.165, 1.54) is 10.4 Å². The predicted molar refractivity (Wildman–Crippen MR) is 160 cm³/mol. The van der Waals surface area contributed by atoms with Crippen LogP contribution in [0.5, 0.6) is 0 Å². The number of thiophene rings is 1. The Morgan fingerprint density at radius 2 is 1.67 bits per heavy atom. The highest BCUT2D eigenvalue weighted by Crippen LogP contribution is 2.39. The molecule has 7 nitrogen and oxygen atoms in total. The zero-order chi connectivity index (χ0) is 27.5. The molecular weight excluding hydrogens is 506 g/mol. The van der Waals surface area contributed by atoms with E-state index in [4.69, 9.17) is 0 Å². The number of hydrogen-bond donors (Lipinski definition) is 3. The van der Waals surface area contributed by atoms with E-state index in [2.05, 4.69) is 25.7 Å². The van der Waals surface area contributed by atoms with Crippen molar-refractivity contribution < 1.29 is 9.59 Å². The normalized spacial score (nSPS) is 12.8. The molecule has 0 bridgehead atoms. The Morgan fingerprint density at radius 3 is 2.44 bits per heavy atom. The first-order valence-electron chi connectivity index (χ1n) is 13.2. The van der Waals surface area contributed by atoms with Crippen molar-refractivity contribution in [3.8, 4) is 5.00 Å². The number of carbonyl (C=O) groups is 2. The molecule has 2 aromatic heterocycles. The zero-order valence-electron chi connectivity index (χ0n) is 22.7. The number of aryl methyl sites for hydroxylation is 4. The first-order valence-corrected chi connectivity index (χ1v) is 14.0. The van der Waals surface area contributed by atoms with Gasteiger partial charge in [-0.1, -0.05) is 29.8 Å². The lowest BCUT2D eigenvalue weighted by molar-refractivity contribution is 0.102. The van der Waals surface area contributed by atoms with Crippen LogP contribution in [0.2, 0.25) is 0 Å². The number of fused-ring (bicyclic) bond motifs is 1. The Kier molecular flexibility index (Phi) is 7.65. The number of amides is 3. The molecule has 200 valence electrons. The summed E-state index contributed by atoms with van der Waals surface area (Å²) in [5.74, 6) is -0.0783. The number of carbonyl (C=O) groups excluding carboxylic acids is 2. The van der Waals surface area contributed by atoms with E-state index in [1.807, 2.05) is 82.3 Å². The fraction of sp³-hybridized carbons (Fsp3) is 0.258. The average Bonchev–Trinajstić information content (AvgIpc) is 3.41. The monoisotopic (exact) mass is 539 g/mol. The van der Waals surface area contributed by atoms with Crippen molar-refractivity contribution in [2.45, 2.75) is 53.4 Å². The van der Waals surface area contributed by atoms with Crippen LogP contribution in [0.4, 0.5) is 16.2 Å². The molecule has 2 aromatic carbocycles. The number of nitrogens with one attached hydrogen (secondary N) is 3. The molecule has 5 rings (SSSR count). The molecule has 3 amide bonds. The van der Waals surface area contributed by atoms with Gasteiger partial charge < -0.3 is 15.2 Å². The van der Waals surface area contributed by atoms with Crippen molar-refractivity contribution in [3.05, 3.63) is 98.7 Å². The molecule has 0 saturated carbocycles. The van der Waals surface area contributed by atoms with Gasteiger partial charge in [-0.05, 0) is 94.8 Å². The lowest BCUT2D eigenvalue weighted by Crippen LogP contribution is -2.24. The van der Waals surface area contributed by atoms with Gasteiger partial charge in [-0.25, -0.2) is 10.2 Å². The highest BCUT2D eigenvalue weighted by Gasteiger charge is 2.28. The third kappa shape index (κ3) is 5.81. The maximum Gasteiger partial charge on any atom is 0.339 e. The summed E-state index contributed by atoms with van der Waals surface area (Å²) in [5.41, 5.74) is 11.0. The van der Waals surface area contributed by atoms with Crippen LogP contribution in [0, 0.1) is 27.7 Å². The highest BCUT2D eigenvalue weighted by atomic mass is 32.1. The minimum atomic E-state index is -0.411. The number of anilines is 2. The molecule has 0 radical (unpaired) electrons. The molecule has 39 heavy (non-hydrogen) atoms. The Bertz CT molecular complexity index is 1560. The fourth-order valence-corrected chi connectivity index (χ4v) is 6.54. The first kappa shape index (κ1) is 26.4. The van der Waals surface area contributed by atoms with Crippen LogP contribution in [-0.2, 0) is 12.8 Å². The lowest BCUT2D eigenvalue weighted by atomic mass is 9.95. The Hall–Kier alpha value is -4.17. The van der Waals surface area contributed by atoms with Gasteiger partial charge in [0, 0.05) is 33.2 Å². The second kappa shape index (κ2) is 11.3. The summed E-state index contributed by atoms with van der Waals surface area (Å²) in [6.45, 7) is 8.05. The number of hydrazone groups is 1. The van der Waals surface area contributed by atoms with Crippen molar-refractivity contribution in [1.29, 1.82) is 0 Å². The number of rotatable bonds is 6. The Morgan fingerprint density at radius 1 is 0.897 bits per heavy atom. The van der Waals surface area contributed by atoms with E-state index in [1.54, 1.807) is 17.6 Å². The fourth-order valence-electron chi connectivity index (χ4n) is 5.05. The second-order valence-corrected chi connectivity index (χ2v) is 11.2. The van der Waals surface area contributed by atoms with Crippen molar-refractivity contribution in [2.75, 3.05) is 10.6 Å². The molecule has 1 aliphatic rings. The van der Waals surface area contributed by atoms with Crippen LogP contribution in [-0.4, -0.2) is 22.7 Å². The standard InChI is InChI=1S/C31H33N5O2S/c1-19-12-14-24(15-13-19)33-29(37)28-26-10-5-6-11-27(26)39-30(28)36-21(3)17-23(22(36)4)18-32-35-31(38)34-25-9-7-8-20(2)16-25/h7-9,12-18H,5-6,10-11H2,1-4H3,(H,33,37)(H2,34,35,38)/b32-18+. The predicted octanol–water partition coefficient (Wildman–Crippen LogP) is 7.06. The van der Waals surface area contributed by atoms with E-state index < -0.39 is 6.03 Å². The van der Waals surface area contributed by atoms with Crippen molar-refractivity contribution in [1.82, 2.24) is 9.99 Å². The summed E-state index contributed by atoms with van der Waals surface area (Å²) >= 11 is 1.71. The van der Waals surface area contributed by atoms with Gasteiger partial charge >= 0.3 is 6.03 Å². The summed E-state index contributed by atoms with van der Waals surface area (Å²) in [6, 6.07) is 17.1. The zero-order valence-corrected chi connectivity index (χ0v) is 23.5. The third-order valence-corrected chi connectivity index (χ3v) is 8.29. The van der Waals surface area contributed by atoms with E-state index in [0.29, 0.717) is 5.69 Å². The molecule has 0 unspecified atom stereocenters. The molecular formula is C31H33N5O2S. The molecule has 4 aromatic rings. The van der Waals surface area contributed by atoms with Crippen molar-refractivity contribution >= 4 is 40.9 Å². The van der Waals surface area contributed by atoms with Crippen molar-refractivity contribution in [3.63, 3.8) is 0 Å². The summed E-state index contributed by atoms with van der Waals surface area (Å²) in [5, 5.41) is 11.0. The molecule has 0 saturated heterocycles. The molecule has 1 aliphatic carbocycles. The highest BCUT2D eigenvalue weighted by molar-refractivity contribution is 7.15. The number of aromatic nitrogens is 1. The van der Waals surface area contributed by atoms with E-state index in [-0.39, 0.29) is 5.91 Å². The van der Waals surface area contributed by atoms with Crippen LogP contribution in [0.3, 0.4) is 0 Å². The minimum absolute atomic E-state index is 0.0783. The van der Waals surface area contributed by atoms with Crippen LogP contribution in [0.25, 0.3) is 5.00 Å². The number of benzene rings is 2. The summed E-state index contributed by atoms with van der Waals surface area (Å²) in [6.07, 6.45) is 5.79. The Balaban J connectivity index is 1.40. The van der Waals surface area contributed by atoms with Gasteiger partial charge in [-0.2, -0.15) is 5.10 Å². The molecule has 0 spiro atoms. The molecule has 8 heteroatoms. The largest absolute Gasteiger partial charge is 0.339 e. The smallest absolute Gasteiger partial charge is 0.322 e. The van der Waals surface area contributed by atoms with Gasteiger partial charge in [0.2, 0.25) is 0 Å². The summed E-state index contributed by atoms with van der Waals surface area (Å²) in [4.78, 5) is 27.3. The Labute approximate surface area is 233 Å². The van der Waals surface area contributed by atoms with Gasteiger partial charge in [-0.3, -0.25) is 4.79 Å². The van der Waals surface area contributed by atoms with Gasteiger partial charge in [0.25, 0.3) is 5.91 Å². The SMILES string of the molecule is Cc1ccc(NC(=O)c2c(-n3c(C)cc(/C=N/NC(=O)Nc4cccc(C)c4)c3C)sc3c2CCCC3)cc1. The first-order chi connectivity index (χ1) is 18.8. The molecule has 0 aliphatic heterocycles. The summed E-state index contributed by atoms with van der Waals surface area (Å²) in [7, 11) is 0. The molecule has 0 atom stereocenters. The van der Waals surface area contributed by atoms with E-state index in [0.717, 1.165) is 70.0 Å². The average molecular weight is 540 g/mol. The second-order valence-electron chi connectivity index (χ2n) is 10.1. The van der Waals surface area contributed by atoms with Crippen LogP contribution in [0.1, 0.15) is 61.7 Å². The number of urea groups is 1. The number of nitrogens with zero attached hydrogens (tertiary/aromatic N) is 2. The quantitative estimate of drug-likeness (QED) is 0.181. The third-order valence-electron chi connectivity index (χ3n) is 7.01. The van der Waals surface area contributed by atoms with Crippen LogP contribution in [0.15, 0.2) is 59.7 Å². The maximum absolute atomic E-state index is 13.7. The molecule has 0 fully saturated rings. The van der Waals surface area contributed by atoms with Crippen LogP contribution >= 0.6 is 11.3 Å². The maximum atomic E-state index is 13.7. The molecule has 2 heterocycles. The van der Waals surface area contributed by atoms with E-state index in [9.17, 15) is 9.59 Å². The van der Waals surface area contributed by atoms with Gasteiger partial charge in [0.1, 0.15) is 5.00 Å². The van der Waals surface area contributed by atoms with Gasteiger partial charge in [-0.15, -0.1) is 11.3 Å². The topological polar surface area (TPSA) is 87.5 Å². The summed E-state index contributed by atoms with van der Waals surface area (Å²) < 4.78 is 2.14.